The Morgan fingerprint density at radius 1 is 1.05 bits per heavy atom. The lowest BCUT2D eigenvalue weighted by atomic mass is 10.2. The molecule has 0 aromatic heterocycles. The number of alkyl halides is 3. The maximum absolute atomic E-state index is 12.6. The molecule has 0 saturated heterocycles. The molecule has 2 aromatic carbocycles. The molecule has 0 amide bonds. The molecule has 100 valence electrons. The fourth-order valence-electron chi connectivity index (χ4n) is 1.52. The maximum atomic E-state index is 12.6. The summed E-state index contributed by atoms with van der Waals surface area (Å²) < 4.78 is 39.6. The van der Waals surface area contributed by atoms with Crippen molar-refractivity contribution < 1.29 is 13.2 Å². The van der Waals surface area contributed by atoms with E-state index in [2.05, 4.69) is 43.8 Å². The van der Waals surface area contributed by atoms with Gasteiger partial charge in [-0.2, -0.15) is 13.2 Å². The number of hydrogen-bond acceptors (Lipinski definition) is 1. The Bertz CT molecular complexity index is 599. The minimum atomic E-state index is -4.33. The first-order chi connectivity index (χ1) is 8.86. The summed E-state index contributed by atoms with van der Waals surface area (Å²) in [6, 6.07) is 10.7. The van der Waals surface area contributed by atoms with Crippen LogP contribution < -0.4 is 5.32 Å². The zero-order chi connectivity index (χ0) is 14.0. The number of hydrogen-bond donors (Lipinski definition) is 1. The van der Waals surface area contributed by atoms with Crippen LogP contribution in [0, 0.1) is 3.57 Å². The van der Waals surface area contributed by atoms with Crippen LogP contribution in [0.2, 0.25) is 0 Å². The van der Waals surface area contributed by atoms with Crippen LogP contribution in [0.15, 0.2) is 46.9 Å². The van der Waals surface area contributed by atoms with Crippen LogP contribution in [-0.4, -0.2) is 0 Å². The van der Waals surface area contributed by atoms with Crippen LogP contribution in [0.5, 0.6) is 0 Å². The van der Waals surface area contributed by atoms with Gasteiger partial charge in [0.05, 0.1) is 11.3 Å². The van der Waals surface area contributed by atoms with Crippen molar-refractivity contribution in [3.05, 3.63) is 56.1 Å². The summed E-state index contributed by atoms with van der Waals surface area (Å²) in [5.41, 5.74) is 0.502. The highest BCUT2D eigenvalue weighted by Gasteiger charge is 2.30. The van der Waals surface area contributed by atoms with Gasteiger partial charge in [-0.15, -0.1) is 0 Å². The smallest absolute Gasteiger partial charge is 0.355 e. The summed E-state index contributed by atoms with van der Waals surface area (Å²) in [5, 5.41) is 2.99. The van der Waals surface area contributed by atoms with E-state index in [1.165, 1.54) is 6.07 Å². The molecule has 0 bridgehead atoms. The first-order valence-electron chi connectivity index (χ1n) is 5.25. The zero-order valence-electron chi connectivity index (χ0n) is 9.43. The predicted molar refractivity (Wildman–Crippen MR) is 81.6 cm³/mol. The Kier molecular flexibility index (Phi) is 4.39. The molecule has 0 aliphatic heterocycles. The second-order valence-corrected chi connectivity index (χ2v) is 5.91. The van der Waals surface area contributed by atoms with E-state index < -0.39 is 11.7 Å². The minimum absolute atomic E-state index is 0.408. The van der Waals surface area contributed by atoms with Gasteiger partial charge in [0.1, 0.15) is 0 Å². The quantitative estimate of drug-likeness (QED) is 0.579. The molecule has 0 fully saturated rings. The summed E-state index contributed by atoms with van der Waals surface area (Å²) in [6.07, 6.45) is -4.33. The van der Waals surface area contributed by atoms with Crippen LogP contribution in [0.1, 0.15) is 5.56 Å². The molecule has 2 aromatic rings. The third-order valence-electron chi connectivity index (χ3n) is 2.40. The van der Waals surface area contributed by atoms with Crippen LogP contribution in [0.25, 0.3) is 0 Å². The molecule has 0 saturated carbocycles. The van der Waals surface area contributed by atoms with E-state index in [0.717, 1.165) is 25.9 Å². The molecular formula is C13H8BrF3IN. The van der Waals surface area contributed by atoms with Gasteiger partial charge in [0, 0.05) is 13.7 Å². The lowest BCUT2D eigenvalue weighted by molar-refractivity contribution is -0.137. The molecule has 0 radical (unpaired) electrons. The zero-order valence-corrected chi connectivity index (χ0v) is 13.2. The lowest BCUT2D eigenvalue weighted by Gasteiger charge is -2.12. The molecule has 0 aliphatic rings. The number of benzene rings is 2. The predicted octanol–water partition coefficient (Wildman–Crippen LogP) is 5.82. The molecule has 0 aliphatic carbocycles. The first kappa shape index (κ1) is 14.6. The molecular weight excluding hydrogens is 434 g/mol. The average Bonchev–Trinajstić information content (AvgIpc) is 2.33. The van der Waals surface area contributed by atoms with Crippen molar-refractivity contribution in [3.63, 3.8) is 0 Å². The molecule has 6 heteroatoms. The van der Waals surface area contributed by atoms with E-state index >= 15 is 0 Å². The molecule has 2 rings (SSSR count). The van der Waals surface area contributed by atoms with E-state index in [1.54, 1.807) is 6.07 Å². The van der Waals surface area contributed by atoms with Gasteiger partial charge < -0.3 is 5.32 Å². The Hall–Kier alpha value is -0.760. The standard InChI is InChI=1S/C13H8BrF3IN/c14-9-4-5-11(18)12(7-9)19-10-3-1-2-8(6-10)13(15,16)17/h1-7,19H. The van der Waals surface area contributed by atoms with Gasteiger partial charge in [0.25, 0.3) is 0 Å². The molecule has 19 heavy (non-hydrogen) atoms. The average molecular weight is 442 g/mol. The summed E-state index contributed by atoms with van der Waals surface area (Å²) in [5.74, 6) is 0. The van der Waals surface area contributed by atoms with Crippen LogP contribution >= 0.6 is 38.5 Å². The van der Waals surface area contributed by atoms with Crippen molar-refractivity contribution >= 4 is 49.9 Å². The van der Waals surface area contributed by atoms with E-state index in [-0.39, 0.29) is 0 Å². The highest BCUT2D eigenvalue weighted by molar-refractivity contribution is 14.1. The highest BCUT2D eigenvalue weighted by Crippen LogP contribution is 2.32. The van der Waals surface area contributed by atoms with E-state index in [0.29, 0.717) is 5.69 Å². The van der Waals surface area contributed by atoms with Gasteiger partial charge in [0.2, 0.25) is 0 Å². The van der Waals surface area contributed by atoms with Crippen molar-refractivity contribution in [2.75, 3.05) is 5.32 Å². The van der Waals surface area contributed by atoms with E-state index in [4.69, 9.17) is 0 Å². The fraction of sp³-hybridized carbons (Fsp3) is 0.0769. The third kappa shape index (κ3) is 3.85. The second-order valence-electron chi connectivity index (χ2n) is 3.83. The summed E-state index contributed by atoms with van der Waals surface area (Å²) in [7, 11) is 0. The monoisotopic (exact) mass is 441 g/mol. The molecule has 1 N–H and O–H groups in total. The van der Waals surface area contributed by atoms with Gasteiger partial charge >= 0.3 is 6.18 Å². The van der Waals surface area contributed by atoms with Gasteiger partial charge in [-0.25, -0.2) is 0 Å². The summed E-state index contributed by atoms with van der Waals surface area (Å²) >= 11 is 5.46. The maximum Gasteiger partial charge on any atom is 0.416 e. The van der Waals surface area contributed by atoms with Gasteiger partial charge in [0.15, 0.2) is 0 Å². The lowest BCUT2D eigenvalue weighted by Crippen LogP contribution is -2.05. The topological polar surface area (TPSA) is 12.0 Å². The van der Waals surface area contributed by atoms with Crippen molar-refractivity contribution in [1.82, 2.24) is 0 Å². The fourth-order valence-corrected chi connectivity index (χ4v) is 2.35. The largest absolute Gasteiger partial charge is 0.416 e. The van der Waals surface area contributed by atoms with Gasteiger partial charge in [-0.1, -0.05) is 22.0 Å². The number of anilines is 2. The molecule has 0 spiro atoms. The Morgan fingerprint density at radius 2 is 1.79 bits per heavy atom. The molecule has 1 nitrogen and oxygen atoms in total. The number of halogens is 5. The number of nitrogens with one attached hydrogen (secondary N) is 1. The summed E-state index contributed by atoms with van der Waals surface area (Å²) in [6.45, 7) is 0. The molecule has 0 heterocycles. The Labute approximate surface area is 130 Å². The third-order valence-corrected chi connectivity index (χ3v) is 3.83. The minimum Gasteiger partial charge on any atom is -0.355 e. The highest BCUT2D eigenvalue weighted by atomic mass is 127. The summed E-state index contributed by atoms with van der Waals surface area (Å²) in [4.78, 5) is 0. The first-order valence-corrected chi connectivity index (χ1v) is 7.13. The Balaban J connectivity index is 2.31. The van der Waals surface area contributed by atoms with E-state index in [1.807, 2.05) is 18.2 Å². The molecule has 0 atom stereocenters. The van der Waals surface area contributed by atoms with Crippen LogP contribution in [-0.2, 0) is 6.18 Å². The van der Waals surface area contributed by atoms with Crippen molar-refractivity contribution in [1.29, 1.82) is 0 Å². The van der Waals surface area contributed by atoms with E-state index in [9.17, 15) is 13.2 Å². The van der Waals surface area contributed by atoms with Gasteiger partial charge in [-0.05, 0) is 59.0 Å². The molecule has 0 unspecified atom stereocenters. The van der Waals surface area contributed by atoms with Crippen LogP contribution in [0.3, 0.4) is 0 Å². The number of rotatable bonds is 2. The SMILES string of the molecule is FC(F)(F)c1cccc(Nc2cc(Br)ccc2I)c1. The van der Waals surface area contributed by atoms with Gasteiger partial charge in [-0.3, -0.25) is 0 Å². The van der Waals surface area contributed by atoms with Crippen molar-refractivity contribution in [2.24, 2.45) is 0 Å². The Morgan fingerprint density at radius 3 is 2.47 bits per heavy atom. The second kappa shape index (κ2) is 5.70. The van der Waals surface area contributed by atoms with Crippen molar-refractivity contribution in [2.45, 2.75) is 6.18 Å². The van der Waals surface area contributed by atoms with Crippen molar-refractivity contribution in [3.8, 4) is 0 Å². The normalized spacial score (nSPS) is 11.4. The van der Waals surface area contributed by atoms with Crippen LogP contribution in [0.4, 0.5) is 24.5 Å².